The van der Waals surface area contributed by atoms with Crippen LogP contribution in [0.5, 0.6) is 0 Å². The van der Waals surface area contributed by atoms with Gasteiger partial charge in [0.05, 0.1) is 17.1 Å². The fraction of sp³-hybridized carbons (Fsp3) is 0.214. The first-order valence-electron chi connectivity index (χ1n) is 6.30. The number of aromatic carboxylic acids is 1. The predicted octanol–water partition coefficient (Wildman–Crippen LogP) is 1.23. The van der Waals surface area contributed by atoms with E-state index >= 15 is 0 Å². The molecule has 0 radical (unpaired) electrons. The van der Waals surface area contributed by atoms with Crippen LogP contribution in [0, 0.1) is 0 Å². The highest BCUT2D eigenvalue weighted by molar-refractivity contribution is 6.02. The molecule has 102 valence electrons. The summed E-state index contributed by atoms with van der Waals surface area (Å²) in [6.45, 7) is 0.577. The smallest absolute Gasteiger partial charge is 0.336 e. The molecule has 1 fully saturated rings. The molecule has 1 aliphatic rings. The quantitative estimate of drug-likeness (QED) is 0.781. The van der Waals surface area contributed by atoms with Gasteiger partial charge in [0, 0.05) is 18.4 Å². The molecule has 1 aromatic carbocycles. The SMILES string of the molecule is O=C1CC(Nc2ccc3c(C(=O)O)cccc3n2)CN1. The number of carbonyl (C=O) groups excluding carboxylic acids is 1. The maximum absolute atomic E-state index is 11.1. The Morgan fingerprint density at radius 2 is 2.20 bits per heavy atom. The molecule has 1 unspecified atom stereocenters. The monoisotopic (exact) mass is 271 g/mol. The van der Waals surface area contributed by atoms with Gasteiger partial charge in [-0.2, -0.15) is 0 Å². The summed E-state index contributed by atoms with van der Waals surface area (Å²) in [5, 5.41) is 15.6. The molecule has 6 nitrogen and oxygen atoms in total. The lowest BCUT2D eigenvalue weighted by Crippen LogP contribution is -2.22. The first-order valence-corrected chi connectivity index (χ1v) is 6.30. The van der Waals surface area contributed by atoms with Crippen molar-refractivity contribution in [2.24, 2.45) is 0 Å². The Bertz CT molecular complexity index is 699. The molecule has 20 heavy (non-hydrogen) atoms. The first kappa shape index (κ1) is 12.4. The minimum atomic E-state index is -0.969. The topological polar surface area (TPSA) is 91.3 Å². The van der Waals surface area contributed by atoms with Gasteiger partial charge in [-0.3, -0.25) is 4.79 Å². The standard InChI is InChI=1S/C14H13N3O3/c18-13-6-8(7-15-13)16-12-5-4-9-10(14(19)20)2-1-3-11(9)17-12/h1-5,8H,6-7H2,(H,15,18)(H,16,17)(H,19,20). The highest BCUT2D eigenvalue weighted by Gasteiger charge is 2.21. The molecule has 3 rings (SSSR count). The number of hydrogen-bond acceptors (Lipinski definition) is 4. The number of amides is 1. The summed E-state index contributed by atoms with van der Waals surface area (Å²) in [4.78, 5) is 26.7. The molecular weight excluding hydrogens is 258 g/mol. The van der Waals surface area contributed by atoms with Gasteiger partial charge >= 0.3 is 5.97 Å². The lowest BCUT2D eigenvalue weighted by molar-refractivity contribution is -0.119. The van der Waals surface area contributed by atoms with Crippen molar-refractivity contribution in [2.75, 3.05) is 11.9 Å². The zero-order chi connectivity index (χ0) is 14.1. The molecule has 1 amide bonds. The number of carbonyl (C=O) groups is 2. The van der Waals surface area contributed by atoms with Gasteiger partial charge in [0.1, 0.15) is 5.82 Å². The van der Waals surface area contributed by atoms with Crippen LogP contribution in [0.3, 0.4) is 0 Å². The summed E-state index contributed by atoms with van der Waals surface area (Å²) in [5.74, 6) is -0.304. The molecule has 0 spiro atoms. The van der Waals surface area contributed by atoms with E-state index < -0.39 is 5.97 Å². The Hall–Kier alpha value is -2.63. The molecule has 0 saturated carbocycles. The van der Waals surface area contributed by atoms with Crippen molar-refractivity contribution >= 4 is 28.6 Å². The van der Waals surface area contributed by atoms with E-state index in [1.165, 1.54) is 0 Å². The fourth-order valence-electron chi connectivity index (χ4n) is 2.34. The van der Waals surface area contributed by atoms with Gasteiger partial charge in [-0.05, 0) is 24.3 Å². The average molecular weight is 271 g/mol. The Balaban J connectivity index is 1.91. The van der Waals surface area contributed by atoms with Crippen LogP contribution in [0.1, 0.15) is 16.8 Å². The summed E-state index contributed by atoms with van der Waals surface area (Å²) in [5.41, 5.74) is 0.853. The van der Waals surface area contributed by atoms with Crippen molar-refractivity contribution in [3.8, 4) is 0 Å². The van der Waals surface area contributed by atoms with E-state index in [1.807, 2.05) is 0 Å². The van der Waals surface area contributed by atoms with E-state index in [-0.39, 0.29) is 17.5 Å². The van der Waals surface area contributed by atoms with Crippen LogP contribution in [0.2, 0.25) is 0 Å². The van der Waals surface area contributed by atoms with Crippen molar-refractivity contribution in [2.45, 2.75) is 12.5 Å². The summed E-state index contributed by atoms with van der Waals surface area (Å²) < 4.78 is 0. The summed E-state index contributed by atoms with van der Waals surface area (Å²) in [6, 6.07) is 8.48. The van der Waals surface area contributed by atoms with Crippen LogP contribution in [0.25, 0.3) is 10.9 Å². The minimum Gasteiger partial charge on any atom is -0.478 e. The molecule has 2 heterocycles. The number of benzene rings is 1. The second-order valence-electron chi connectivity index (χ2n) is 4.72. The molecule has 0 bridgehead atoms. The van der Waals surface area contributed by atoms with Gasteiger partial charge in [-0.15, -0.1) is 0 Å². The van der Waals surface area contributed by atoms with E-state index in [2.05, 4.69) is 15.6 Å². The summed E-state index contributed by atoms with van der Waals surface area (Å²) >= 11 is 0. The number of pyridine rings is 1. The van der Waals surface area contributed by atoms with Crippen molar-refractivity contribution in [3.05, 3.63) is 35.9 Å². The predicted molar refractivity (Wildman–Crippen MR) is 73.7 cm³/mol. The van der Waals surface area contributed by atoms with Crippen LogP contribution >= 0.6 is 0 Å². The maximum Gasteiger partial charge on any atom is 0.336 e. The van der Waals surface area contributed by atoms with E-state index in [9.17, 15) is 9.59 Å². The highest BCUT2D eigenvalue weighted by Crippen LogP contribution is 2.20. The Morgan fingerprint density at radius 3 is 2.90 bits per heavy atom. The largest absolute Gasteiger partial charge is 0.478 e. The lowest BCUT2D eigenvalue weighted by atomic mass is 10.1. The second kappa shape index (κ2) is 4.80. The third kappa shape index (κ3) is 2.27. The number of fused-ring (bicyclic) bond motifs is 1. The van der Waals surface area contributed by atoms with Crippen LogP contribution in [-0.2, 0) is 4.79 Å². The van der Waals surface area contributed by atoms with Gasteiger partial charge in [-0.25, -0.2) is 9.78 Å². The van der Waals surface area contributed by atoms with Crippen molar-refractivity contribution in [3.63, 3.8) is 0 Å². The van der Waals surface area contributed by atoms with Crippen LogP contribution in [-0.4, -0.2) is 34.6 Å². The third-order valence-electron chi connectivity index (χ3n) is 3.29. The first-order chi connectivity index (χ1) is 9.63. The normalized spacial score (nSPS) is 18.0. The van der Waals surface area contributed by atoms with Gasteiger partial charge in [-0.1, -0.05) is 6.07 Å². The summed E-state index contributed by atoms with van der Waals surface area (Å²) in [7, 11) is 0. The fourth-order valence-corrected chi connectivity index (χ4v) is 2.34. The molecular formula is C14H13N3O3. The number of aromatic nitrogens is 1. The number of hydrogen-bond donors (Lipinski definition) is 3. The number of anilines is 1. The molecule has 3 N–H and O–H groups in total. The zero-order valence-electron chi connectivity index (χ0n) is 10.6. The Morgan fingerprint density at radius 1 is 1.35 bits per heavy atom. The van der Waals surface area contributed by atoms with Crippen molar-refractivity contribution < 1.29 is 14.7 Å². The van der Waals surface area contributed by atoms with Crippen molar-refractivity contribution in [1.82, 2.24) is 10.3 Å². The molecule has 1 atom stereocenters. The lowest BCUT2D eigenvalue weighted by Gasteiger charge is -2.12. The summed E-state index contributed by atoms with van der Waals surface area (Å²) in [6.07, 6.45) is 0.425. The molecule has 2 aromatic rings. The van der Waals surface area contributed by atoms with E-state index in [4.69, 9.17) is 5.11 Å². The van der Waals surface area contributed by atoms with Crippen LogP contribution in [0.15, 0.2) is 30.3 Å². The highest BCUT2D eigenvalue weighted by atomic mass is 16.4. The number of nitrogens with zero attached hydrogens (tertiary/aromatic N) is 1. The molecule has 6 heteroatoms. The van der Waals surface area contributed by atoms with E-state index in [0.29, 0.717) is 29.7 Å². The number of carboxylic acid groups (broad SMARTS) is 1. The molecule has 1 saturated heterocycles. The van der Waals surface area contributed by atoms with E-state index in [0.717, 1.165) is 0 Å². The van der Waals surface area contributed by atoms with Crippen molar-refractivity contribution in [1.29, 1.82) is 0 Å². The minimum absolute atomic E-state index is 0.0232. The average Bonchev–Trinajstić information content (AvgIpc) is 2.83. The maximum atomic E-state index is 11.1. The molecule has 1 aliphatic heterocycles. The Kier molecular flexibility index (Phi) is 2.98. The van der Waals surface area contributed by atoms with Gasteiger partial charge < -0.3 is 15.7 Å². The van der Waals surface area contributed by atoms with Gasteiger partial charge in [0.2, 0.25) is 5.91 Å². The van der Waals surface area contributed by atoms with Gasteiger partial charge in [0.25, 0.3) is 0 Å². The third-order valence-corrected chi connectivity index (χ3v) is 3.29. The van der Waals surface area contributed by atoms with Crippen LogP contribution in [0.4, 0.5) is 5.82 Å². The molecule has 0 aliphatic carbocycles. The molecule has 1 aromatic heterocycles. The second-order valence-corrected chi connectivity index (χ2v) is 4.72. The Labute approximate surface area is 114 Å². The van der Waals surface area contributed by atoms with Crippen LogP contribution < -0.4 is 10.6 Å². The number of carboxylic acids is 1. The van der Waals surface area contributed by atoms with E-state index in [1.54, 1.807) is 30.3 Å². The van der Waals surface area contributed by atoms with Gasteiger partial charge in [0.15, 0.2) is 0 Å². The number of rotatable bonds is 3. The zero-order valence-corrected chi connectivity index (χ0v) is 10.6. The number of nitrogens with one attached hydrogen (secondary N) is 2.